The summed E-state index contributed by atoms with van der Waals surface area (Å²) in [4.78, 5) is 0.404. The normalized spacial score (nSPS) is 19.2. The minimum absolute atomic E-state index is 0.0530. The summed E-state index contributed by atoms with van der Waals surface area (Å²) < 4.78 is 27.9. The smallest absolute Gasteiger partial charge is 0.207 e. The maximum Gasteiger partial charge on any atom is 0.243 e. The molecule has 1 atom stereocenters. The van der Waals surface area contributed by atoms with Crippen LogP contribution in [0.15, 0.2) is 47.4 Å². The van der Waals surface area contributed by atoms with E-state index in [0.717, 1.165) is 35.1 Å². The van der Waals surface area contributed by atoms with Crippen molar-refractivity contribution in [2.45, 2.75) is 44.6 Å². The molecule has 0 aromatic heterocycles. The zero-order valence-electron chi connectivity index (χ0n) is 13.9. The fraction of sp³-hybridized carbons (Fsp3) is 0.368. The number of hydrogen-bond acceptors (Lipinski definition) is 2. The first kappa shape index (κ1) is 16.2. The summed E-state index contributed by atoms with van der Waals surface area (Å²) in [6.45, 7) is 6.59. The summed E-state index contributed by atoms with van der Waals surface area (Å²) in [6, 6.07) is 13.4. The van der Waals surface area contributed by atoms with E-state index in [-0.39, 0.29) is 6.04 Å². The van der Waals surface area contributed by atoms with Crippen LogP contribution in [0.2, 0.25) is 0 Å². The van der Waals surface area contributed by atoms with E-state index in [4.69, 9.17) is 0 Å². The highest BCUT2D eigenvalue weighted by Gasteiger charge is 2.36. The highest BCUT2D eigenvalue weighted by atomic mass is 32.2. The molecule has 0 radical (unpaired) electrons. The lowest BCUT2D eigenvalue weighted by Crippen LogP contribution is -2.31. The molecule has 0 spiro atoms. The molecule has 0 bridgehead atoms. The summed E-state index contributed by atoms with van der Waals surface area (Å²) in [7, 11) is -3.46. The van der Waals surface area contributed by atoms with Gasteiger partial charge in [-0.05, 0) is 68.0 Å². The van der Waals surface area contributed by atoms with Gasteiger partial charge in [0.1, 0.15) is 0 Å². The second kappa shape index (κ2) is 6.10. The van der Waals surface area contributed by atoms with Crippen molar-refractivity contribution in [2.24, 2.45) is 0 Å². The van der Waals surface area contributed by atoms with Crippen LogP contribution in [0.25, 0.3) is 0 Å². The number of aryl methyl sites for hydroxylation is 3. The molecule has 1 aliphatic rings. The van der Waals surface area contributed by atoms with E-state index < -0.39 is 10.0 Å². The van der Waals surface area contributed by atoms with Gasteiger partial charge in [-0.3, -0.25) is 0 Å². The molecule has 122 valence electrons. The summed E-state index contributed by atoms with van der Waals surface area (Å²) in [5, 5.41) is 0. The maximum absolute atomic E-state index is 13.1. The predicted octanol–water partition coefficient (Wildman–Crippen LogP) is 4.14. The SMILES string of the molecule is Cc1ccc(S(=O)(=O)N2CCC[C@@H]2c2ccccc2C)cc1C. The third kappa shape index (κ3) is 2.93. The lowest BCUT2D eigenvalue weighted by Gasteiger charge is -2.26. The molecule has 0 N–H and O–H groups in total. The number of sulfonamides is 1. The Morgan fingerprint density at radius 2 is 1.70 bits per heavy atom. The summed E-state index contributed by atoms with van der Waals surface area (Å²) in [5.41, 5.74) is 4.40. The Morgan fingerprint density at radius 3 is 2.39 bits per heavy atom. The largest absolute Gasteiger partial charge is 0.243 e. The zero-order chi connectivity index (χ0) is 16.6. The molecule has 23 heavy (non-hydrogen) atoms. The van der Waals surface area contributed by atoms with Crippen molar-refractivity contribution in [1.29, 1.82) is 0 Å². The van der Waals surface area contributed by atoms with E-state index in [1.807, 2.05) is 38.1 Å². The van der Waals surface area contributed by atoms with Gasteiger partial charge < -0.3 is 0 Å². The van der Waals surface area contributed by atoms with Crippen LogP contribution < -0.4 is 0 Å². The minimum Gasteiger partial charge on any atom is -0.207 e. The first-order valence-corrected chi connectivity index (χ1v) is 9.50. The molecular formula is C19H23NO2S. The van der Waals surface area contributed by atoms with Gasteiger partial charge in [0.2, 0.25) is 10.0 Å². The Labute approximate surface area is 139 Å². The van der Waals surface area contributed by atoms with Crippen molar-refractivity contribution in [3.63, 3.8) is 0 Å². The monoisotopic (exact) mass is 329 g/mol. The third-order valence-corrected chi connectivity index (χ3v) is 6.74. The van der Waals surface area contributed by atoms with Crippen LogP contribution in [-0.4, -0.2) is 19.3 Å². The zero-order valence-corrected chi connectivity index (χ0v) is 14.7. The average molecular weight is 329 g/mol. The Balaban J connectivity index is 2.01. The average Bonchev–Trinajstić information content (AvgIpc) is 3.00. The lowest BCUT2D eigenvalue weighted by molar-refractivity contribution is 0.395. The molecule has 0 aliphatic carbocycles. The summed E-state index contributed by atoms with van der Waals surface area (Å²) in [6.07, 6.45) is 1.79. The van der Waals surface area contributed by atoms with Crippen molar-refractivity contribution in [3.05, 3.63) is 64.7 Å². The van der Waals surface area contributed by atoms with Gasteiger partial charge in [-0.2, -0.15) is 4.31 Å². The first-order valence-electron chi connectivity index (χ1n) is 8.06. The van der Waals surface area contributed by atoms with Crippen molar-refractivity contribution < 1.29 is 8.42 Å². The van der Waals surface area contributed by atoms with Gasteiger partial charge in [0.05, 0.1) is 10.9 Å². The molecule has 1 heterocycles. The highest BCUT2D eigenvalue weighted by Crippen LogP contribution is 2.37. The van der Waals surface area contributed by atoms with Crippen LogP contribution in [0, 0.1) is 20.8 Å². The molecule has 3 nitrogen and oxygen atoms in total. The highest BCUT2D eigenvalue weighted by molar-refractivity contribution is 7.89. The molecule has 2 aromatic carbocycles. The standard InChI is InChI=1S/C19H23NO2S/c1-14-10-11-17(13-16(14)3)23(21,22)20-12-6-9-19(20)18-8-5-4-7-15(18)2/h4-5,7-8,10-11,13,19H,6,9,12H2,1-3H3/t19-/m1/s1. The van der Waals surface area contributed by atoms with Crippen LogP contribution in [-0.2, 0) is 10.0 Å². The summed E-state index contributed by atoms with van der Waals surface area (Å²) in [5.74, 6) is 0. The van der Waals surface area contributed by atoms with E-state index in [1.165, 1.54) is 0 Å². The second-order valence-electron chi connectivity index (χ2n) is 6.38. The van der Waals surface area contributed by atoms with Gasteiger partial charge in [0, 0.05) is 6.54 Å². The Bertz CT molecular complexity index is 827. The van der Waals surface area contributed by atoms with Crippen LogP contribution in [0.4, 0.5) is 0 Å². The quantitative estimate of drug-likeness (QED) is 0.849. The molecule has 1 aliphatic heterocycles. The van der Waals surface area contributed by atoms with E-state index in [1.54, 1.807) is 16.4 Å². The Hall–Kier alpha value is -1.65. The van der Waals surface area contributed by atoms with E-state index >= 15 is 0 Å². The van der Waals surface area contributed by atoms with Crippen molar-refractivity contribution in [3.8, 4) is 0 Å². The molecule has 0 amide bonds. The number of benzene rings is 2. The first-order chi connectivity index (χ1) is 10.9. The van der Waals surface area contributed by atoms with Gasteiger partial charge in [0.15, 0.2) is 0 Å². The molecule has 3 rings (SSSR count). The number of nitrogens with zero attached hydrogens (tertiary/aromatic N) is 1. The molecule has 4 heteroatoms. The predicted molar refractivity (Wildman–Crippen MR) is 93.0 cm³/mol. The van der Waals surface area contributed by atoms with Crippen molar-refractivity contribution in [1.82, 2.24) is 4.31 Å². The Morgan fingerprint density at radius 1 is 0.957 bits per heavy atom. The fourth-order valence-corrected chi connectivity index (χ4v) is 5.07. The number of hydrogen-bond donors (Lipinski definition) is 0. The van der Waals surface area contributed by atoms with Crippen molar-refractivity contribution >= 4 is 10.0 Å². The molecule has 1 saturated heterocycles. The Kier molecular flexibility index (Phi) is 4.30. The fourth-order valence-electron chi connectivity index (χ4n) is 3.31. The second-order valence-corrected chi connectivity index (χ2v) is 8.27. The van der Waals surface area contributed by atoms with Crippen LogP contribution in [0.3, 0.4) is 0 Å². The topological polar surface area (TPSA) is 37.4 Å². The van der Waals surface area contributed by atoms with E-state index in [2.05, 4.69) is 13.0 Å². The maximum atomic E-state index is 13.1. The van der Waals surface area contributed by atoms with Gasteiger partial charge in [-0.1, -0.05) is 30.3 Å². The van der Waals surface area contributed by atoms with Crippen LogP contribution >= 0.6 is 0 Å². The molecule has 2 aromatic rings. The third-order valence-electron chi connectivity index (χ3n) is 4.84. The number of rotatable bonds is 3. The van der Waals surface area contributed by atoms with Gasteiger partial charge in [-0.25, -0.2) is 8.42 Å². The molecule has 0 unspecified atom stereocenters. The van der Waals surface area contributed by atoms with Crippen LogP contribution in [0.1, 0.15) is 41.1 Å². The van der Waals surface area contributed by atoms with E-state index in [0.29, 0.717) is 11.4 Å². The van der Waals surface area contributed by atoms with Crippen LogP contribution in [0.5, 0.6) is 0 Å². The van der Waals surface area contributed by atoms with Gasteiger partial charge >= 0.3 is 0 Å². The minimum atomic E-state index is -3.46. The molecular weight excluding hydrogens is 306 g/mol. The molecule has 0 saturated carbocycles. The van der Waals surface area contributed by atoms with Gasteiger partial charge in [-0.15, -0.1) is 0 Å². The summed E-state index contributed by atoms with van der Waals surface area (Å²) >= 11 is 0. The lowest BCUT2D eigenvalue weighted by atomic mass is 10.0. The van der Waals surface area contributed by atoms with E-state index in [9.17, 15) is 8.42 Å². The van der Waals surface area contributed by atoms with Gasteiger partial charge in [0.25, 0.3) is 0 Å². The van der Waals surface area contributed by atoms with Crippen molar-refractivity contribution in [2.75, 3.05) is 6.54 Å². The molecule has 1 fully saturated rings.